The number of nitrogens with one attached hydrogen (secondary N) is 1. The highest BCUT2D eigenvalue weighted by Gasteiger charge is 2.35. The second-order valence-electron chi connectivity index (χ2n) is 11.2. The molecule has 0 unspecified atom stereocenters. The van der Waals surface area contributed by atoms with E-state index >= 15 is 0 Å². The summed E-state index contributed by atoms with van der Waals surface area (Å²) in [5.41, 5.74) is 2.81. The molecule has 4 rings (SSSR count). The van der Waals surface area contributed by atoms with E-state index < -0.39 is 28.5 Å². The molecule has 45 heavy (non-hydrogen) atoms. The number of aryl methyl sites for hydroxylation is 1. The minimum atomic E-state index is -4.24. The number of amides is 2. The first-order valence-corrected chi connectivity index (χ1v) is 16.9. The SMILES string of the molecule is Cc1ccccc1CN(C(=O)CN(c1ccc(Cl)c(Cl)c1)S(=O)(=O)c1ccccc1)[C@H](Cc1ccccc1)C(=O)NCC(C)C. The summed E-state index contributed by atoms with van der Waals surface area (Å²) in [6.07, 6.45) is 0.237. The van der Waals surface area contributed by atoms with E-state index in [0.717, 1.165) is 21.0 Å². The summed E-state index contributed by atoms with van der Waals surface area (Å²) in [4.78, 5) is 29.9. The molecule has 0 saturated heterocycles. The molecule has 0 aliphatic carbocycles. The van der Waals surface area contributed by atoms with Crippen LogP contribution < -0.4 is 9.62 Å². The normalized spacial score (nSPS) is 12.0. The van der Waals surface area contributed by atoms with Crippen molar-refractivity contribution in [3.63, 3.8) is 0 Å². The fraction of sp³-hybridized carbons (Fsp3) is 0.257. The van der Waals surface area contributed by atoms with E-state index in [2.05, 4.69) is 5.32 Å². The standard InChI is InChI=1S/C35H37Cl2N3O4S/c1-25(2)22-38-35(42)33(20-27-13-6-4-7-14-27)39(23-28-15-11-10-12-26(28)3)34(41)24-40(29-18-19-31(36)32(37)21-29)45(43,44)30-16-8-5-9-17-30/h4-19,21,25,33H,20,22-24H2,1-3H3,(H,38,42)/t33-/m1/s1. The van der Waals surface area contributed by atoms with Crippen LogP contribution in [-0.4, -0.2) is 44.3 Å². The van der Waals surface area contributed by atoms with Crippen LogP contribution in [-0.2, 0) is 32.6 Å². The van der Waals surface area contributed by atoms with Gasteiger partial charge in [0.25, 0.3) is 10.0 Å². The summed E-state index contributed by atoms with van der Waals surface area (Å²) in [5, 5.41) is 3.38. The van der Waals surface area contributed by atoms with Crippen molar-refractivity contribution < 1.29 is 18.0 Å². The summed E-state index contributed by atoms with van der Waals surface area (Å²) in [5.74, 6) is -0.682. The van der Waals surface area contributed by atoms with Gasteiger partial charge in [-0.1, -0.05) is 110 Å². The first-order valence-electron chi connectivity index (χ1n) is 14.7. The number of carbonyl (C=O) groups is 2. The number of hydrogen-bond donors (Lipinski definition) is 1. The predicted octanol–water partition coefficient (Wildman–Crippen LogP) is 6.91. The van der Waals surface area contributed by atoms with Gasteiger partial charge >= 0.3 is 0 Å². The third-order valence-corrected chi connectivity index (χ3v) is 9.89. The van der Waals surface area contributed by atoms with Gasteiger partial charge in [0.1, 0.15) is 12.6 Å². The Morgan fingerprint density at radius 3 is 2.07 bits per heavy atom. The van der Waals surface area contributed by atoms with Gasteiger partial charge in [0.2, 0.25) is 11.8 Å². The number of halogens is 2. The molecule has 0 aromatic heterocycles. The lowest BCUT2D eigenvalue weighted by Gasteiger charge is -2.34. The Kier molecular flexibility index (Phi) is 11.7. The molecule has 7 nitrogen and oxygen atoms in total. The van der Waals surface area contributed by atoms with Crippen molar-refractivity contribution in [1.82, 2.24) is 10.2 Å². The molecule has 236 valence electrons. The van der Waals surface area contributed by atoms with E-state index in [0.29, 0.717) is 6.54 Å². The molecule has 0 bridgehead atoms. The zero-order chi connectivity index (χ0) is 32.6. The molecule has 1 atom stereocenters. The van der Waals surface area contributed by atoms with Gasteiger partial charge in [-0.05, 0) is 59.9 Å². The van der Waals surface area contributed by atoms with Crippen LogP contribution in [0.5, 0.6) is 0 Å². The molecule has 0 heterocycles. The summed E-state index contributed by atoms with van der Waals surface area (Å²) in [6, 6.07) is 28.4. The number of rotatable bonds is 13. The molecule has 0 spiro atoms. The van der Waals surface area contributed by atoms with Crippen molar-refractivity contribution >= 4 is 50.7 Å². The maximum Gasteiger partial charge on any atom is 0.264 e. The molecule has 0 aliphatic heterocycles. The lowest BCUT2D eigenvalue weighted by Crippen LogP contribution is -2.53. The minimum absolute atomic E-state index is 0.00448. The smallest absolute Gasteiger partial charge is 0.264 e. The van der Waals surface area contributed by atoms with Gasteiger partial charge in [0.05, 0.1) is 20.6 Å². The Bertz CT molecular complexity index is 1720. The number of nitrogens with zero attached hydrogens (tertiary/aromatic N) is 2. The van der Waals surface area contributed by atoms with Crippen LogP contribution in [0, 0.1) is 12.8 Å². The van der Waals surface area contributed by atoms with E-state index in [1.165, 1.54) is 35.2 Å². The van der Waals surface area contributed by atoms with E-state index in [4.69, 9.17) is 23.2 Å². The molecule has 2 amide bonds. The molecular formula is C35H37Cl2N3O4S. The molecule has 4 aromatic carbocycles. The van der Waals surface area contributed by atoms with Crippen molar-refractivity contribution in [2.45, 2.75) is 44.7 Å². The average Bonchev–Trinajstić information content (AvgIpc) is 3.03. The summed E-state index contributed by atoms with van der Waals surface area (Å²) >= 11 is 12.5. The molecule has 0 radical (unpaired) electrons. The highest BCUT2D eigenvalue weighted by Crippen LogP contribution is 2.31. The molecule has 0 fully saturated rings. The Morgan fingerprint density at radius 2 is 1.44 bits per heavy atom. The van der Waals surface area contributed by atoms with Crippen molar-refractivity contribution in [1.29, 1.82) is 0 Å². The van der Waals surface area contributed by atoms with E-state index in [1.54, 1.807) is 18.2 Å². The number of hydrogen-bond acceptors (Lipinski definition) is 4. The zero-order valence-corrected chi connectivity index (χ0v) is 27.8. The number of carbonyl (C=O) groups excluding carboxylic acids is 2. The third kappa shape index (κ3) is 8.87. The summed E-state index contributed by atoms with van der Waals surface area (Å²) in [7, 11) is -4.24. The van der Waals surface area contributed by atoms with Gasteiger partial charge in [-0.3, -0.25) is 13.9 Å². The quantitative estimate of drug-likeness (QED) is 0.168. The molecule has 0 aliphatic rings. The van der Waals surface area contributed by atoms with E-state index in [-0.39, 0.29) is 45.4 Å². The number of sulfonamides is 1. The molecule has 1 N–H and O–H groups in total. The fourth-order valence-corrected chi connectivity index (χ4v) is 6.56. The van der Waals surface area contributed by atoms with Crippen LogP contribution in [0.15, 0.2) is 108 Å². The second-order valence-corrected chi connectivity index (χ2v) is 13.9. The first-order chi connectivity index (χ1) is 21.5. The Hall–Kier alpha value is -3.85. The van der Waals surface area contributed by atoms with Crippen LogP contribution >= 0.6 is 23.2 Å². The molecular weight excluding hydrogens is 629 g/mol. The Labute approximate surface area is 275 Å². The van der Waals surface area contributed by atoms with Gasteiger partial charge < -0.3 is 10.2 Å². The maximum atomic E-state index is 14.5. The molecule has 4 aromatic rings. The lowest BCUT2D eigenvalue weighted by molar-refractivity contribution is -0.140. The fourth-order valence-electron chi connectivity index (χ4n) is 4.84. The first kappa shape index (κ1) is 34.0. The second kappa shape index (κ2) is 15.4. The number of benzene rings is 4. The van der Waals surface area contributed by atoms with Gasteiger partial charge in [0, 0.05) is 19.5 Å². The largest absolute Gasteiger partial charge is 0.354 e. The van der Waals surface area contributed by atoms with E-state index in [1.807, 2.05) is 75.4 Å². The molecule has 10 heteroatoms. The lowest BCUT2D eigenvalue weighted by atomic mass is 10.0. The van der Waals surface area contributed by atoms with Crippen LogP contribution in [0.25, 0.3) is 0 Å². The van der Waals surface area contributed by atoms with Crippen molar-refractivity contribution in [3.05, 3.63) is 130 Å². The maximum absolute atomic E-state index is 14.5. The summed E-state index contributed by atoms with van der Waals surface area (Å²) < 4.78 is 29.2. The van der Waals surface area contributed by atoms with Crippen LogP contribution in [0.4, 0.5) is 5.69 Å². The van der Waals surface area contributed by atoms with Crippen LogP contribution in [0.2, 0.25) is 10.0 Å². The molecule has 0 saturated carbocycles. The van der Waals surface area contributed by atoms with Crippen molar-refractivity contribution in [3.8, 4) is 0 Å². The van der Waals surface area contributed by atoms with Crippen molar-refractivity contribution in [2.75, 3.05) is 17.4 Å². The van der Waals surface area contributed by atoms with Crippen LogP contribution in [0.1, 0.15) is 30.5 Å². The highest BCUT2D eigenvalue weighted by atomic mass is 35.5. The Balaban J connectivity index is 1.82. The van der Waals surface area contributed by atoms with Crippen molar-refractivity contribution in [2.24, 2.45) is 5.92 Å². The summed E-state index contributed by atoms with van der Waals surface area (Å²) in [6.45, 7) is 5.86. The van der Waals surface area contributed by atoms with Crippen LogP contribution in [0.3, 0.4) is 0 Å². The predicted molar refractivity (Wildman–Crippen MR) is 181 cm³/mol. The average molecular weight is 667 g/mol. The van der Waals surface area contributed by atoms with Gasteiger partial charge in [0.15, 0.2) is 0 Å². The monoisotopic (exact) mass is 665 g/mol. The van der Waals surface area contributed by atoms with Gasteiger partial charge in [-0.15, -0.1) is 0 Å². The topological polar surface area (TPSA) is 86.8 Å². The minimum Gasteiger partial charge on any atom is -0.354 e. The third-order valence-electron chi connectivity index (χ3n) is 7.36. The zero-order valence-electron chi connectivity index (χ0n) is 25.5. The van der Waals surface area contributed by atoms with Gasteiger partial charge in [-0.2, -0.15) is 0 Å². The van der Waals surface area contributed by atoms with Gasteiger partial charge in [-0.25, -0.2) is 8.42 Å². The van der Waals surface area contributed by atoms with E-state index in [9.17, 15) is 18.0 Å². The Morgan fingerprint density at radius 1 is 0.822 bits per heavy atom. The number of anilines is 1. The highest BCUT2D eigenvalue weighted by molar-refractivity contribution is 7.92.